The summed E-state index contributed by atoms with van der Waals surface area (Å²) in [6, 6.07) is 1.78. The summed E-state index contributed by atoms with van der Waals surface area (Å²) in [6.45, 7) is 4.48. The highest BCUT2D eigenvalue weighted by atomic mass is 16.5. The lowest BCUT2D eigenvalue weighted by atomic mass is 9.81. The Hall–Kier alpha value is -1.40. The number of rotatable bonds is 5. The van der Waals surface area contributed by atoms with E-state index in [1.165, 1.54) is 19.3 Å². The maximum atomic E-state index is 12.6. The highest BCUT2D eigenvalue weighted by molar-refractivity contribution is 5.92. The summed E-state index contributed by atoms with van der Waals surface area (Å²) in [7, 11) is 1.83. The second kappa shape index (κ2) is 5.91. The number of amides is 1. The van der Waals surface area contributed by atoms with Crippen molar-refractivity contribution in [2.75, 3.05) is 39.5 Å². The number of nitrogens with zero attached hydrogens (tertiary/aromatic N) is 3. The molecule has 2 aliphatic heterocycles. The number of ether oxygens (including phenoxy) is 2. The Labute approximate surface area is 136 Å². The van der Waals surface area contributed by atoms with E-state index in [1.54, 1.807) is 10.7 Å². The molecule has 1 amide bonds. The Morgan fingerprint density at radius 1 is 1.52 bits per heavy atom. The van der Waals surface area contributed by atoms with E-state index in [-0.39, 0.29) is 11.3 Å². The van der Waals surface area contributed by atoms with Gasteiger partial charge < -0.3 is 14.4 Å². The third kappa shape index (κ3) is 2.78. The zero-order valence-corrected chi connectivity index (χ0v) is 13.7. The number of carbonyl (C=O) groups is 1. The Morgan fingerprint density at radius 2 is 2.39 bits per heavy atom. The van der Waals surface area contributed by atoms with Crippen LogP contribution < -0.4 is 0 Å². The van der Waals surface area contributed by atoms with Crippen LogP contribution in [0.4, 0.5) is 0 Å². The topological polar surface area (TPSA) is 56.6 Å². The van der Waals surface area contributed by atoms with Gasteiger partial charge in [0.25, 0.3) is 5.91 Å². The smallest absolute Gasteiger partial charge is 0.274 e. The average Bonchev–Trinajstić information content (AvgIpc) is 3.14. The first-order chi connectivity index (χ1) is 11.2. The van der Waals surface area contributed by atoms with Gasteiger partial charge in [-0.2, -0.15) is 5.10 Å². The number of fused-ring (bicyclic) bond motifs is 1. The van der Waals surface area contributed by atoms with E-state index < -0.39 is 0 Å². The van der Waals surface area contributed by atoms with Gasteiger partial charge in [0.05, 0.1) is 19.8 Å². The van der Waals surface area contributed by atoms with Crippen LogP contribution in [0.2, 0.25) is 0 Å². The summed E-state index contributed by atoms with van der Waals surface area (Å²) >= 11 is 0. The van der Waals surface area contributed by atoms with Gasteiger partial charge in [-0.15, -0.1) is 0 Å². The van der Waals surface area contributed by atoms with Crippen LogP contribution in [0, 0.1) is 17.3 Å². The van der Waals surface area contributed by atoms with Gasteiger partial charge >= 0.3 is 0 Å². The Kier molecular flexibility index (Phi) is 3.89. The molecule has 0 aromatic carbocycles. The molecule has 1 aromatic rings. The molecule has 6 heteroatoms. The molecule has 3 heterocycles. The van der Waals surface area contributed by atoms with Crippen LogP contribution in [0.3, 0.4) is 0 Å². The van der Waals surface area contributed by atoms with E-state index in [9.17, 15) is 4.79 Å². The van der Waals surface area contributed by atoms with E-state index in [1.807, 2.05) is 18.1 Å². The van der Waals surface area contributed by atoms with Gasteiger partial charge in [0.1, 0.15) is 5.69 Å². The third-order valence-electron chi connectivity index (χ3n) is 5.71. The normalized spacial score (nSPS) is 30.5. The molecule has 6 nitrogen and oxygen atoms in total. The standard InChI is InChI=1S/C17H25N3O3/c1-19-6-5-15(18-19)16(21)20-7-14-9-23-12-17(14,10-20)11-22-8-13-3-2-4-13/h5-6,13-14H,2-4,7-12H2,1H3/t14-,17-/m1/s1. The lowest BCUT2D eigenvalue weighted by Gasteiger charge is -2.30. The molecular weight excluding hydrogens is 294 g/mol. The fourth-order valence-corrected chi connectivity index (χ4v) is 3.97. The minimum atomic E-state index is -0.0197. The van der Waals surface area contributed by atoms with Gasteiger partial charge in [-0.3, -0.25) is 9.48 Å². The molecule has 126 valence electrons. The van der Waals surface area contributed by atoms with Crippen molar-refractivity contribution in [3.05, 3.63) is 18.0 Å². The fourth-order valence-electron chi connectivity index (χ4n) is 3.97. The molecule has 0 bridgehead atoms. The first-order valence-corrected chi connectivity index (χ1v) is 8.61. The zero-order valence-electron chi connectivity index (χ0n) is 13.7. The van der Waals surface area contributed by atoms with Crippen molar-refractivity contribution >= 4 is 5.91 Å². The van der Waals surface area contributed by atoms with Crippen molar-refractivity contribution in [2.45, 2.75) is 19.3 Å². The molecular formula is C17H25N3O3. The Morgan fingerprint density at radius 3 is 3.09 bits per heavy atom. The summed E-state index contributed by atoms with van der Waals surface area (Å²) in [5.41, 5.74) is 0.507. The largest absolute Gasteiger partial charge is 0.380 e. The highest BCUT2D eigenvalue weighted by Crippen LogP contribution is 2.42. The summed E-state index contributed by atoms with van der Waals surface area (Å²) in [5, 5.41) is 4.24. The maximum absolute atomic E-state index is 12.6. The summed E-state index contributed by atoms with van der Waals surface area (Å²) in [5.74, 6) is 1.16. The second-order valence-corrected chi connectivity index (χ2v) is 7.45. The highest BCUT2D eigenvalue weighted by Gasteiger charge is 2.52. The predicted octanol–water partition coefficient (Wildman–Crippen LogP) is 1.33. The summed E-state index contributed by atoms with van der Waals surface area (Å²) in [4.78, 5) is 14.6. The molecule has 0 radical (unpaired) electrons. The molecule has 0 N–H and O–H groups in total. The fraction of sp³-hybridized carbons (Fsp3) is 0.765. The maximum Gasteiger partial charge on any atom is 0.274 e. The van der Waals surface area contributed by atoms with Crippen molar-refractivity contribution in [3.63, 3.8) is 0 Å². The van der Waals surface area contributed by atoms with Crippen molar-refractivity contribution in [3.8, 4) is 0 Å². The molecule has 2 atom stereocenters. The van der Waals surface area contributed by atoms with E-state index in [4.69, 9.17) is 9.47 Å². The molecule has 0 spiro atoms. The first kappa shape index (κ1) is 15.1. The van der Waals surface area contributed by atoms with Gasteiger partial charge in [-0.05, 0) is 24.8 Å². The molecule has 1 aliphatic carbocycles. The van der Waals surface area contributed by atoms with Crippen LogP contribution in [0.25, 0.3) is 0 Å². The molecule has 1 aromatic heterocycles. The average molecular weight is 319 g/mol. The predicted molar refractivity (Wildman–Crippen MR) is 84.0 cm³/mol. The van der Waals surface area contributed by atoms with E-state index >= 15 is 0 Å². The number of likely N-dealkylation sites (tertiary alicyclic amines) is 1. The van der Waals surface area contributed by atoms with Crippen molar-refractivity contribution < 1.29 is 14.3 Å². The number of hydrogen-bond acceptors (Lipinski definition) is 4. The van der Waals surface area contributed by atoms with E-state index in [0.717, 1.165) is 32.2 Å². The van der Waals surface area contributed by atoms with Gasteiger partial charge in [-0.1, -0.05) is 6.42 Å². The number of aryl methyl sites for hydroxylation is 1. The molecule has 2 saturated heterocycles. The van der Waals surface area contributed by atoms with Crippen LogP contribution in [0.5, 0.6) is 0 Å². The van der Waals surface area contributed by atoms with Crippen LogP contribution >= 0.6 is 0 Å². The monoisotopic (exact) mass is 319 g/mol. The summed E-state index contributed by atoms with van der Waals surface area (Å²) in [6.07, 6.45) is 5.76. The van der Waals surface area contributed by atoms with Crippen LogP contribution in [-0.4, -0.2) is 60.1 Å². The Bertz CT molecular complexity index is 583. The Balaban J connectivity index is 1.39. The number of carbonyl (C=O) groups excluding carboxylic acids is 1. The number of aromatic nitrogens is 2. The van der Waals surface area contributed by atoms with E-state index in [0.29, 0.717) is 24.8 Å². The third-order valence-corrected chi connectivity index (χ3v) is 5.71. The summed E-state index contributed by atoms with van der Waals surface area (Å²) < 4.78 is 13.4. The minimum Gasteiger partial charge on any atom is -0.380 e. The molecule has 1 saturated carbocycles. The molecule has 0 unspecified atom stereocenters. The minimum absolute atomic E-state index is 0.0197. The van der Waals surface area contributed by atoms with Crippen molar-refractivity contribution in [1.82, 2.24) is 14.7 Å². The lowest BCUT2D eigenvalue weighted by molar-refractivity contribution is -0.000128. The van der Waals surface area contributed by atoms with E-state index in [2.05, 4.69) is 5.10 Å². The van der Waals surface area contributed by atoms with Crippen LogP contribution in [-0.2, 0) is 16.5 Å². The molecule has 23 heavy (non-hydrogen) atoms. The van der Waals surface area contributed by atoms with Crippen LogP contribution in [0.15, 0.2) is 12.3 Å². The van der Waals surface area contributed by atoms with Gasteiger partial charge in [0, 0.05) is 44.3 Å². The molecule has 3 fully saturated rings. The van der Waals surface area contributed by atoms with Gasteiger partial charge in [0.2, 0.25) is 0 Å². The SMILES string of the molecule is Cn1ccc(C(=O)N2C[C@@H]3COC[C@]3(COCC3CCC3)C2)n1. The quantitative estimate of drug-likeness (QED) is 0.821. The second-order valence-electron chi connectivity index (χ2n) is 7.45. The van der Waals surface area contributed by atoms with Gasteiger partial charge in [0.15, 0.2) is 0 Å². The molecule has 4 rings (SSSR count). The van der Waals surface area contributed by atoms with Crippen LogP contribution in [0.1, 0.15) is 29.8 Å². The first-order valence-electron chi connectivity index (χ1n) is 8.61. The number of hydrogen-bond donors (Lipinski definition) is 0. The zero-order chi connectivity index (χ0) is 15.9. The molecule has 3 aliphatic rings. The van der Waals surface area contributed by atoms with Crippen molar-refractivity contribution in [1.29, 1.82) is 0 Å². The van der Waals surface area contributed by atoms with Gasteiger partial charge in [-0.25, -0.2) is 0 Å². The van der Waals surface area contributed by atoms with Crippen molar-refractivity contribution in [2.24, 2.45) is 24.3 Å². The lowest BCUT2D eigenvalue weighted by Crippen LogP contribution is -2.38.